The van der Waals surface area contributed by atoms with Crippen LogP contribution >= 0.6 is 0 Å². The van der Waals surface area contributed by atoms with Crippen molar-refractivity contribution in [2.75, 3.05) is 5.32 Å². The molecule has 1 aromatic carbocycles. The Kier molecular flexibility index (Phi) is 3.29. The first kappa shape index (κ1) is 10.0. The number of hydrogen-bond acceptors (Lipinski definition) is 1. The van der Waals surface area contributed by atoms with Crippen molar-refractivity contribution in [3.8, 4) is 0 Å². The van der Waals surface area contributed by atoms with Gasteiger partial charge in [0.2, 0.25) is 0 Å². The van der Waals surface area contributed by atoms with Gasteiger partial charge in [-0.15, -0.1) is 0 Å². The molecule has 13 heavy (non-hydrogen) atoms. The second-order valence-corrected chi connectivity index (χ2v) is 3.44. The van der Waals surface area contributed by atoms with E-state index in [2.05, 4.69) is 12.2 Å². The lowest BCUT2D eigenvalue weighted by Gasteiger charge is -2.13. The van der Waals surface area contributed by atoms with E-state index in [9.17, 15) is 4.39 Å². The Labute approximate surface area is 79.0 Å². The van der Waals surface area contributed by atoms with E-state index in [-0.39, 0.29) is 5.82 Å². The van der Waals surface area contributed by atoms with Crippen LogP contribution in [-0.2, 0) is 0 Å². The minimum absolute atomic E-state index is 0.166. The molecule has 0 spiro atoms. The van der Waals surface area contributed by atoms with Crippen LogP contribution in [0.5, 0.6) is 0 Å². The van der Waals surface area contributed by atoms with Crippen molar-refractivity contribution < 1.29 is 4.39 Å². The van der Waals surface area contributed by atoms with Gasteiger partial charge < -0.3 is 5.32 Å². The Balaban J connectivity index is 2.77. The highest BCUT2D eigenvalue weighted by Gasteiger charge is 2.03. The van der Waals surface area contributed by atoms with Gasteiger partial charge in [-0.25, -0.2) is 4.39 Å². The summed E-state index contributed by atoms with van der Waals surface area (Å²) in [5.74, 6) is -0.166. The van der Waals surface area contributed by atoms with Crippen molar-refractivity contribution in [1.29, 1.82) is 0 Å². The maximum absolute atomic E-state index is 13.3. The zero-order chi connectivity index (χ0) is 9.84. The lowest BCUT2D eigenvalue weighted by Crippen LogP contribution is -2.14. The smallest absolute Gasteiger partial charge is 0.146 e. The van der Waals surface area contributed by atoms with Gasteiger partial charge >= 0.3 is 0 Å². The molecule has 1 nitrogen and oxygen atoms in total. The highest BCUT2D eigenvalue weighted by atomic mass is 19.1. The topological polar surface area (TPSA) is 12.0 Å². The minimum Gasteiger partial charge on any atom is -0.380 e. The summed E-state index contributed by atoms with van der Waals surface area (Å²) in [5.41, 5.74) is 1.55. The van der Waals surface area contributed by atoms with Crippen molar-refractivity contribution in [1.82, 2.24) is 0 Å². The van der Waals surface area contributed by atoms with Crippen LogP contribution < -0.4 is 5.32 Å². The van der Waals surface area contributed by atoms with E-state index in [4.69, 9.17) is 0 Å². The van der Waals surface area contributed by atoms with Crippen LogP contribution in [0.4, 0.5) is 10.1 Å². The average Bonchev–Trinajstić information content (AvgIpc) is 2.09. The normalized spacial score (nSPS) is 12.6. The van der Waals surface area contributed by atoms with Gasteiger partial charge in [0, 0.05) is 6.04 Å². The maximum Gasteiger partial charge on any atom is 0.146 e. The largest absolute Gasteiger partial charge is 0.380 e. The standard InChI is InChI=1S/C11H16FN/c1-4-9(3)13-11-6-5-8(2)7-10(11)12/h5-7,9,13H,4H2,1-3H3/t9-/m1/s1. The van der Waals surface area contributed by atoms with E-state index < -0.39 is 0 Å². The molecule has 0 heterocycles. The molecule has 1 atom stereocenters. The molecular weight excluding hydrogens is 165 g/mol. The van der Waals surface area contributed by atoms with Crippen LogP contribution in [0.15, 0.2) is 18.2 Å². The molecule has 0 unspecified atom stereocenters. The Morgan fingerprint density at radius 1 is 1.46 bits per heavy atom. The van der Waals surface area contributed by atoms with E-state index in [1.807, 2.05) is 19.9 Å². The molecule has 0 radical (unpaired) electrons. The molecule has 0 amide bonds. The quantitative estimate of drug-likeness (QED) is 0.754. The van der Waals surface area contributed by atoms with Crippen LogP contribution in [0, 0.1) is 12.7 Å². The van der Waals surface area contributed by atoms with Crippen molar-refractivity contribution in [2.24, 2.45) is 0 Å². The molecule has 0 bridgehead atoms. The summed E-state index contributed by atoms with van der Waals surface area (Å²) in [6, 6.07) is 5.56. The first-order chi connectivity index (χ1) is 6.13. The number of aryl methyl sites for hydroxylation is 1. The summed E-state index contributed by atoms with van der Waals surface area (Å²) in [6.45, 7) is 6.00. The summed E-state index contributed by atoms with van der Waals surface area (Å²) >= 11 is 0. The molecule has 0 aliphatic carbocycles. The lowest BCUT2D eigenvalue weighted by molar-refractivity contribution is 0.624. The summed E-state index contributed by atoms with van der Waals surface area (Å²) in [4.78, 5) is 0. The van der Waals surface area contributed by atoms with Crippen LogP contribution in [-0.4, -0.2) is 6.04 Å². The molecule has 72 valence electrons. The maximum atomic E-state index is 13.3. The van der Waals surface area contributed by atoms with Crippen LogP contribution in [0.25, 0.3) is 0 Å². The van der Waals surface area contributed by atoms with E-state index in [1.54, 1.807) is 12.1 Å². The molecule has 0 aromatic heterocycles. The molecule has 1 aromatic rings. The molecule has 1 N–H and O–H groups in total. The molecule has 1 rings (SSSR count). The molecule has 0 fully saturated rings. The molecular formula is C11H16FN. The number of nitrogens with one attached hydrogen (secondary N) is 1. The van der Waals surface area contributed by atoms with E-state index >= 15 is 0 Å². The summed E-state index contributed by atoms with van der Waals surface area (Å²) in [6.07, 6.45) is 0.993. The van der Waals surface area contributed by atoms with Gasteiger partial charge in [0.25, 0.3) is 0 Å². The predicted molar refractivity (Wildman–Crippen MR) is 54.5 cm³/mol. The third kappa shape index (κ3) is 2.72. The zero-order valence-electron chi connectivity index (χ0n) is 8.39. The average molecular weight is 181 g/mol. The predicted octanol–water partition coefficient (Wildman–Crippen LogP) is 3.34. The van der Waals surface area contributed by atoms with Crippen LogP contribution in [0.1, 0.15) is 25.8 Å². The number of rotatable bonds is 3. The molecule has 0 aliphatic rings. The first-order valence-corrected chi connectivity index (χ1v) is 4.66. The first-order valence-electron chi connectivity index (χ1n) is 4.66. The fraction of sp³-hybridized carbons (Fsp3) is 0.455. The van der Waals surface area contributed by atoms with Gasteiger partial charge in [0.15, 0.2) is 0 Å². The van der Waals surface area contributed by atoms with Gasteiger partial charge in [-0.2, -0.15) is 0 Å². The van der Waals surface area contributed by atoms with Crippen molar-refractivity contribution in [3.63, 3.8) is 0 Å². The molecule has 2 heteroatoms. The van der Waals surface area contributed by atoms with Gasteiger partial charge in [0.05, 0.1) is 5.69 Å². The van der Waals surface area contributed by atoms with Gasteiger partial charge in [0.1, 0.15) is 5.82 Å². The van der Waals surface area contributed by atoms with Gasteiger partial charge in [-0.1, -0.05) is 13.0 Å². The third-order valence-corrected chi connectivity index (χ3v) is 2.14. The Morgan fingerprint density at radius 2 is 2.15 bits per heavy atom. The lowest BCUT2D eigenvalue weighted by atomic mass is 10.2. The zero-order valence-corrected chi connectivity index (χ0v) is 8.39. The van der Waals surface area contributed by atoms with Crippen molar-refractivity contribution >= 4 is 5.69 Å². The second kappa shape index (κ2) is 4.26. The number of anilines is 1. The summed E-state index contributed by atoms with van der Waals surface area (Å²) < 4.78 is 13.3. The summed E-state index contributed by atoms with van der Waals surface area (Å²) in [5, 5.41) is 3.11. The van der Waals surface area contributed by atoms with E-state index in [0.29, 0.717) is 11.7 Å². The molecule has 0 aliphatic heterocycles. The highest BCUT2D eigenvalue weighted by molar-refractivity contribution is 5.46. The van der Waals surface area contributed by atoms with Gasteiger partial charge in [-0.05, 0) is 38.0 Å². The number of benzene rings is 1. The SMILES string of the molecule is CC[C@@H](C)Nc1ccc(C)cc1F. The minimum atomic E-state index is -0.166. The second-order valence-electron chi connectivity index (χ2n) is 3.44. The van der Waals surface area contributed by atoms with E-state index in [0.717, 1.165) is 12.0 Å². The van der Waals surface area contributed by atoms with Crippen LogP contribution in [0.3, 0.4) is 0 Å². The molecule has 0 saturated heterocycles. The van der Waals surface area contributed by atoms with Crippen molar-refractivity contribution in [2.45, 2.75) is 33.2 Å². The summed E-state index contributed by atoms with van der Waals surface area (Å²) in [7, 11) is 0. The Morgan fingerprint density at radius 3 is 2.69 bits per heavy atom. The monoisotopic (exact) mass is 181 g/mol. The van der Waals surface area contributed by atoms with Gasteiger partial charge in [-0.3, -0.25) is 0 Å². The number of hydrogen-bond donors (Lipinski definition) is 1. The third-order valence-electron chi connectivity index (χ3n) is 2.14. The fourth-order valence-corrected chi connectivity index (χ4v) is 1.10. The fourth-order valence-electron chi connectivity index (χ4n) is 1.10. The van der Waals surface area contributed by atoms with Crippen molar-refractivity contribution in [3.05, 3.63) is 29.6 Å². The van der Waals surface area contributed by atoms with Crippen LogP contribution in [0.2, 0.25) is 0 Å². The number of halogens is 1. The Bertz CT molecular complexity index is 283. The Hall–Kier alpha value is -1.05. The highest BCUT2D eigenvalue weighted by Crippen LogP contribution is 2.16. The molecule has 0 saturated carbocycles. The van der Waals surface area contributed by atoms with E-state index in [1.165, 1.54) is 0 Å².